The van der Waals surface area contributed by atoms with Crippen LogP contribution in [0, 0.1) is 0 Å². The van der Waals surface area contributed by atoms with E-state index in [4.69, 9.17) is 4.74 Å². The summed E-state index contributed by atoms with van der Waals surface area (Å²) in [7, 11) is 0. The third-order valence-corrected chi connectivity index (χ3v) is 2.16. The molecule has 0 amide bonds. The molecule has 0 saturated carbocycles. The second kappa shape index (κ2) is 7.69. The zero-order valence-electron chi connectivity index (χ0n) is 9.69. The molecule has 0 bridgehead atoms. The van der Waals surface area contributed by atoms with Gasteiger partial charge in [0.25, 0.3) is 0 Å². The zero-order chi connectivity index (χ0) is 11.6. The first kappa shape index (κ1) is 12.5. The molecular weight excluding hydrogens is 200 g/mol. The molecule has 0 unspecified atom stereocenters. The normalized spacial score (nSPS) is 10.6. The molecule has 2 heteroatoms. The lowest BCUT2D eigenvalue weighted by atomic mass is 10.2. The highest BCUT2D eigenvalue weighted by Crippen LogP contribution is 2.03. The molecule has 2 nitrogen and oxygen atoms in total. The quantitative estimate of drug-likeness (QED) is 0.539. The largest absolute Gasteiger partial charge is 0.461 e. The van der Waals surface area contributed by atoms with Gasteiger partial charge in [0.1, 0.15) is 6.61 Å². The fraction of sp³-hybridized carbons (Fsp3) is 0.357. The van der Waals surface area contributed by atoms with Crippen molar-refractivity contribution in [3.05, 3.63) is 48.0 Å². The van der Waals surface area contributed by atoms with Crippen molar-refractivity contribution >= 4 is 5.97 Å². The number of rotatable bonds is 6. The monoisotopic (exact) mass is 218 g/mol. The van der Waals surface area contributed by atoms with E-state index >= 15 is 0 Å². The molecule has 0 aliphatic heterocycles. The van der Waals surface area contributed by atoms with Gasteiger partial charge in [-0.25, -0.2) is 0 Å². The first-order valence-corrected chi connectivity index (χ1v) is 5.67. The molecule has 86 valence electrons. The Bertz CT molecular complexity index is 328. The molecule has 0 N–H and O–H groups in total. The number of allylic oxidation sites excluding steroid dienone is 2. The van der Waals surface area contributed by atoms with Crippen molar-refractivity contribution in [1.29, 1.82) is 0 Å². The van der Waals surface area contributed by atoms with Gasteiger partial charge in [0.15, 0.2) is 0 Å². The number of carbonyl (C=O) groups excluding carboxylic acids is 1. The highest BCUT2D eigenvalue weighted by Gasteiger charge is 2.01. The standard InChI is InChI=1S/C14H18O2/c1-2-3-4-8-11-14(15)16-12-13-9-6-5-7-10-13/h3-7,9-10H,2,8,11-12H2,1H3. The summed E-state index contributed by atoms with van der Waals surface area (Å²) in [5.74, 6) is -0.135. The van der Waals surface area contributed by atoms with Crippen molar-refractivity contribution in [1.82, 2.24) is 0 Å². The summed E-state index contributed by atoms with van der Waals surface area (Å²) in [5.41, 5.74) is 1.03. The summed E-state index contributed by atoms with van der Waals surface area (Å²) in [6.07, 6.45) is 6.32. The van der Waals surface area contributed by atoms with Crippen LogP contribution in [0.15, 0.2) is 42.5 Å². The molecule has 0 aromatic heterocycles. The maximum Gasteiger partial charge on any atom is 0.306 e. The molecule has 0 heterocycles. The van der Waals surface area contributed by atoms with E-state index in [1.807, 2.05) is 36.4 Å². The van der Waals surface area contributed by atoms with E-state index in [9.17, 15) is 4.79 Å². The zero-order valence-corrected chi connectivity index (χ0v) is 9.69. The average molecular weight is 218 g/mol. The van der Waals surface area contributed by atoms with E-state index < -0.39 is 0 Å². The minimum atomic E-state index is -0.135. The molecule has 0 atom stereocenters. The van der Waals surface area contributed by atoms with Gasteiger partial charge in [-0.05, 0) is 18.4 Å². The van der Waals surface area contributed by atoms with Gasteiger partial charge in [-0.2, -0.15) is 0 Å². The van der Waals surface area contributed by atoms with Crippen molar-refractivity contribution in [2.75, 3.05) is 0 Å². The van der Waals surface area contributed by atoms with E-state index in [0.29, 0.717) is 13.0 Å². The number of carbonyl (C=O) groups is 1. The van der Waals surface area contributed by atoms with E-state index in [1.54, 1.807) is 0 Å². The summed E-state index contributed by atoms with van der Waals surface area (Å²) in [6, 6.07) is 9.72. The maximum atomic E-state index is 11.3. The van der Waals surface area contributed by atoms with Crippen LogP contribution in [0.3, 0.4) is 0 Å². The number of hydrogen-bond acceptors (Lipinski definition) is 2. The number of ether oxygens (including phenoxy) is 1. The van der Waals surface area contributed by atoms with Crippen LogP contribution in [0.5, 0.6) is 0 Å². The van der Waals surface area contributed by atoms with Gasteiger partial charge in [0.2, 0.25) is 0 Å². The third-order valence-electron chi connectivity index (χ3n) is 2.16. The van der Waals surface area contributed by atoms with Gasteiger partial charge in [0, 0.05) is 6.42 Å². The minimum absolute atomic E-state index is 0.135. The Kier molecular flexibility index (Phi) is 6.00. The van der Waals surface area contributed by atoms with Crippen LogP contribution in [-0.4, -0.2) is 5.97 Å². The van der Waals surface area contributed by atoms with Gasteiger partial charge in [0.05, 0.1) is 0 Å². The Morgan fingerprint density at radius 2 is 2.00 bits per heavy atom. The van der Waals surface area contributed by atoms with Crippen LogP contribution < -0.4 is 0 Å². The molecule has 0 spiro atoms. The Balaban J connectivity index is 2.18. The summed E-state index contributed by atoms with van der Waals surface area (Å²) >= 11 is 0. The van der Waals surface area contributed by atoms with Crippen molar-refractivity contribution in [2.24, 2.45) is 0 Å². The first-order valence-electron chi connectivity index (χ1n) is 5.67. The van der Waals surface area contributed by atoms with Crippen molar-refractivity contribution in [2.45, 2.75) is 32.8 Å². The van der Waals surface area contributed by atoms with Crippen molar-refractivity contribution in [3.8, 4) is 0 Å². The summed E-state index contributed by atoms with van der Waals surface area (Å²) in [6.45, 7) is 2.45. The van der Waals surface area contributed by atoms with E-state index in [1.165, 1.54) is 0 Å². The second-order valence-electron chi connectivity index (χ2n) is 3.56. The smallest absolute Gasteiger partial charge is 0.306 e. The van der Waals surface area contributed by atoms with Crippen LogP contribution in [0.1, 0.15) is 31.7 Å². The number of benzene rings is 1. The van der Waals surface area contributed by atoms with Gasteiger partial charge < -0.3 is 4.74 Å². The van der Waals surface area contributed by atoms with Crippen LogP contribution in [0.2, 0.25) is 0 Å². The summed E-state index contributed by atoms with van der Waals surface area (Å²) in [5, 5.41) is 0. The van der Waals surface area contributed by atoms with Crippen LogP contribution >= 0.6 is 0 Å². The van der Waals surface area contributed by atoms with E-state index in [2.05, 4.69) is 13.0 Å². The Labute approximate surface area is 96.9 Å². The number of esters is 1. The molecule has 0 radical (unpaired) electrons. The Morgan fingerprint density at radius 1 is 1.25 bits per heavy atom. The van der Waals surface area contributed by atoms with Gasteiger partial charge in [-0.1, -0.05) is 49.4 Å². The first-order chi connectivity index (χ1) is 7.83. The van der Waals surface area contributed by atoms with Crippen LogP contribution in [0.25, 0.3) is 0 Å². The number of hydrogen-bond donors (Lipinski definition) is 0. The molecule has 0 saturated heterocycles. The van der Waals surface area contributed by atoms with E-state index in [0.717, 1.165) is 18.4 Å². The second-order valence-corrected chi connectivity index (χ2v) is 3.56. The van der Waals surface area contributed by atoms with Crippen molar-refractivity contribution < 1.29 is 9.53 Å². The minimum Gasteiger partial charge on any atom is -0.461 e. The fourth-order valence-electron chi connectivity index (χ4n) is 1.30. The molecule has 1 rings (SSSR count). The molecule has 1 aromatic rings. The molecule has 0 aliphatic rings. The Morgan fingerprint density at radius 3 is 2.69 bits per heavy atom. The molecule has 0 fully saturated rings. The van der Waals surface area contributed by atoms with Gasteiger partial charge in [-0.15, -0.1) is 0 Å². The fourth-order valence-corrected chi connectivity index (χ4v) is 1.30. The highest BCUT2D eigenvalue weighted by molar-refractivity contribution is 5.69. The summed E-state index contributed by atoms with van der Waals surface area (Å²) < 4.78 is 5.14. The lowest BCUT2D eigenvalue weighted by Gasteiger charge is -2.03. The SMILES string of the molecule is CCC=CCCC(=O)OCc1ccccc1. The lowest BCUT2D eigenvalue weighted by Crippen LogP contribution is -2.03. The maximum absolute atomic E-state index is 11.3. The lowest BCUT2D eigenvalue weighted by molar-refractivity contribution is -0.144. The topological polar surface area (TPSA) is 26.3 Å². The van der Waals surface area contributed by atoms with Crippen LogP contribution in [0.4, 0.5) is 0 Å². The molecule has 1 aromatic carbocycles. The van der Waals surface area contributed by atoms with Crippen LogP contribution in [-0.2, 0) is 16.1 Å². The molecule has 16 heavy (non-hydrogen) atoms. The van der Waals surface area contributed by atoms with E-state index in [-0.39, 0.29) is 5.97 Å². The molecular formula is C14H18O2. The molecule has 0 aliphatic carbocycles. The van der Waals surface area contributed by atoms with Gasteiger partial charge >= 0.3 is 5.97 Å². The third kappa shape index (κ3) is 5.35. The van der Waals surface area contributed by atoms with Crippen molar-refractivity contribution in [3.63, 3.8) is 0 Å². The predicted octanol–water partition coefficient (Wildman–Crippen LogP) is 3.48. The summed E-state index contributed by atoms with van der Waals surface area (Å²) in [4.78, 5) is 11.3. The Hall–Kier alpha value is -1.57. The highest BCUT2D eigenvalue weighted by atomic mass is 16.5. The average Bonchev–Trinajstić information content (AvgIpc) is 2.33. The van der Waals surface area contributed by atoms with Gasteiger partial charge in [-0.3, -0.25) is 4.79 Å². The predicted molar refractivity (Wildman–Crippen MR) is 64.9 cm³/mol.